The number of amides is 1. The second-order valence-electron chi connectivity index (χ2n) is 7.16. The van der Waals surface area contributed by atoms with E-state index in [1.165, 1.54) is 16.8 Å². The highest BCUT2D eigenvalue weighted by molar-refractivity contribution is 6.31. The number of hydrogen-bond acceptors (Lipinski definition) is 4. The molecule has 4 rings (SSSR count). The second-order valence-corrected chi connectivity index (χ2v) is 8.00. The number of carbonyl (C=O) groups is 1. The van der Waals surface area contributed by atoms with Gasteiger partial charge in [0.2, 0.25) is 5.88 Å². The van der Waals surface area contributed by atoms with Gasteiger partial charge in [-0.3, -0.25) is 9.59 Å². The van der Waals surface area contributed by atoms with Crippen LogP contribution in [0.5, 0.6) is 5.88 Å². The zero-order valence-electron chi connectivity index (χ0n) is 17.4. The minimum atomic E-state index is -0.315. The van der Waals surface area contributed by atoms with Crippen LogP contribution < -0.4 is 15.6 Å². The van der Waals surface area contributed by atoms with Gasteiger partial charge in [0.1, 0.15) is 6.61 Å². The van der Waals surface area contributed by atoms with Gasteiger partial charge in [0, 0.05) is 34.3 Å². The van der Waals surface area contributed by atoms with Gasteiger partial charge in [-0.15, -0.1) is 5.10 Å². The number of ether oxygens (including phenoxy) is 1. The highest BCUT2D eigenvalue weighted by atomic mass is 35.5. The third-order valence-electron chi connectivity index (χ3n) is 4.85. The highest BCUT2D eigenvalue weighted by Gasteiger charge is 2.09. The predicted molar refractivity (Wildman–Crippen MR) is 128 cm³/mol. The van der Waals surface area contributed by atoms with Crippen LogP contribution in [-0.2, 0) is 13.2 Å². The first-order chi connectivity index (χ1) is 16.0. The van der Waals surface area contributed by atoms with Crippen molar-refractivity contribution in [3.63, 3.8) is 0 Å². The average molecular weight is 480 g/mol. The van der Waals surface area contributed by atoms with Crippen LogP contribution in [0.3, 0.4) is 0 Å². The first-order valence-corrected chi connectivity index (χ1v) is 10.8. The zero-order valence-corrected chi connectivity index (χ0v) is 18.9. The summed E-state index contributed by atoms with van der Waals surface area (Å²) >= 11 is 12.0. The summed E-state index contributed by atoms with van der Waals surface area (Å²) in [4.78, 5) is 24.8. The lowest BCUT2D eigenvalue weighted by Gasteiger charge is -2.10. The Morgan fingerprint density at radius 2 is 1.64 bits per heavy atom. The van der Waals surface area contributed by atoms with Gasteiger partial charge in [-0.05, 0) is 53.6 Å². The summed E-state index contributed by atoms with van der Waals surface area (Å²) in [5.74, 6) is 0.0490. The minimum Gasteiger partial charge on any atom is -0.472 e. The number of nitrogens with one attached hydrogen (secondary N) is 1. The van der Waals surface area contributed by atoms with Gasteiger partial charge >= 0.3 is 0 Å². The van der Waals surface area contributed by atoms with E-state index in [0.717, 1.165) is 11.1 Å². The van der Waals surface area contributed by atoms with E-state index < -0.39 is 0 Å². The van der Waals surface area contributed by atoms with Gasteiger partial charge in [-0.2, -0.15) is 4.68 Å². The quantitative estimate of drug-likeness (QED) is 0.402. The van der Waals surface area contributed by atoms with Gasteiger partial charge in [-0.1, -0.05) is 53.5 Å². The molecule has 166 valence electrons. The highest BCUT2D eigenvalue weighted by Crippen LogP contribution is 2.16. The van der Waals surface area contributed by atoms with Crippen molar-refractivity contribution < 1.29 is 9.53 Å². The third-order valence-corrected chi connectivity index (χ3v) is 5.47. The molecule has 0 spiro atoms. The normalized spacial score (nSPS) is 10.6. The van der Waals surface area contributed by atoms with Crippen LogP contribution in [-0.4, -0.2) is 15.7 Å². The molecule has 0 bridgehead atoms. The molecule has 0 aliphatic rings. The number of hydrogen-bond donors (Lipinski definition) is 1. The van der Waals surface area contributed by atoms with Crippen molar-refractivity contribution in [2.45, 2.75) is 13.2 Å². The molecule has 1 heterocycles. The Bertz CT molecular complexity index is 1320. The molecule has 0 atom stereocenters. The van der Waals surface area contributed by atoms with Crippen LogP contribution in [0.15, 0.2) is 89.7 Å². The van der Waals surface area contributed by atoms with Crippen LogP contribution in [0.1, 0.15) is 21.5 Å². The molecule has 4 aromatic rings. The van der Waals surface area contributed by atoms with E-state index in [-0.39, 0.29) is 18.1 Å². The van der Waals surface area contributed by atoms with Crippen molar-refractivity contribution in [3.8, 4) is 11.6 Å². The van der Waals surface area contributed by atoms with Crippen LogP contribution in [0.25, 0.3) is 5.69 Å². The Balaban J connectivity index is 1.43. The zero-order chi connectivity index (χ0) is 23.2. The van der Waals surface area contributed by atoms with Crippen molar-refractivity contribution in [2.24, 2.45) is 0 Å². The van der Waals surface area contributed by atoms with Crippen LogP contribution in [0.2, 0.25) is 10.0 Å². The van der Waals surface area contributed by atoms with Crippen LogP contribution in [0, 0.1) is 0 Å². The average Bonchev–Trinajstić information content (AvgIpc) is 2.84. The second kappa shape index (κ2) is 10.3. The maximum atomic E-state index is 12.5. The smallest absolute Gasteiger partial charge is 0.271 e. The summed E-state index contributed by atoms with van der Waals surface area (Å²) in [7, 11) is 0. The van der Waals surface area contributed by atoms with E-state index in [0.29, 0.717) is 33.7 Å². The number of rotatable bonds is 7. The standard InChI is InChI=1S/C25H19Cl2N3O3/c26-20-9-5-17(6-10-20)16-33-23-13-14-24(31)30(29-23)21-11-7-18(8-12-21)25(32)28-15-19-3-1-2-4-22(19)27/h1-14H,15-16H2,(H,28,32). The third kappa shape index (κ3) is 5.80. The summed E-state index contributed by atoms with van der Waals surface area (Å²) in [6.45, 7) is 0.598. The fourth-order valence-electron chi connectivity index (χ4n) is 3.07. The fraction of sp³-hybridized carbons (Fsp3) is 0.0800. The number of halogens is 2. The molecule has 6 nitrogen and oxygen atoms in total. The Kier molecular flexibility index (Phi) is 7.07. The van der Waals surface area contributed by atoms with Gasteiger partial charge in [-0.25, -0.2) is 0 Å². The van der Waals surface area contributed by atoms with Crippen molar-refractivity contribution in [1.29, 1.82) is 0 Å². The Hall–Kier alpha value is -3.61. The Morgan fingerprint density at radius 1 is 0.909 bits per heavy atom. The van der Waals surface area contributed by atoms with Crippen molar-refractivity contribution in [1.82, 2.24) is 15.1 Å². The van der Waals surface area contributed by atoms with E-state index in [4.69, 9.17) is 27.9 Å². The van der Waals surface area contributed by atoms with E-state index in [2.05, 4.69) is 10.4 Å². The maximum absolute atomic E-state index is 12.5. The van der Waals surface area contributed by atoms with E-state index in [1.807, 2.05) is 30.3 Å². The molecule has 0 unspecified atom stereocenters. The van der Waals surface area contributed by atoms with Crippen molar-refractivity contribution >= 4 is 29.1 Å². The molecular formula is C25H19Cl2N3O3. The van der Waals surface area contributed by atoms with Gasteiger partial charge < -0.3 is 10.1 Å². The van der Waals surface area contributed by atoms with E-state index in [1.54, 1.807) is 42.5 Å². The molecule has 0 saturated carbocycles. The molecule has 1 N–H and O–H groups in total. The van der Waals surface area contributed by atoms with Crippen molar-refractivity contribution in [2.75, 3.05) is 0 Å². The monoisotopic (exact) mass is 479 g/mol. The SMILES string of the molecule is O=C(NCc1ccccc1Cl)c1ccc(-n2nc(OCc3ccc(Cl)cc3)ccc2=O)cc1. The van der Waals surface area contributed by atoms with Gasteiger partial charge in [0.25, 0.3) is 11.5 Å². The van der Waals surface area contributed by atoms with E-state index in [9.17, 15) is 9.59 Å². The number of benzene rings is 3. The summed E-state index contributed by atoms with van der Waals surface area (Å²) in [6, 6.07) is 24.1. The molecule has 1 amide bonds. The summed E-state index contributed by atoms with van der Waals surface area (Å²) < 4.78 is 6.93. The van der Waals surface area contributed by atoms with Crippen molar-refractivity contribution in [3.05, 3.63) is 122 Å². The molecule has 8 heteroatoms. The van der Waals surface area contributed by atoms with Gasteiger partial charge in [0.15, 0.2) is 0 Å². The molecule has 1 aromatic heterocycles. The summed E-state index contributed by atoms with van der Waals surface area (Å²) in [5.41, 5.74) is 2.40. The summed E-state index contributed by atoms with van der Waals surface area (Å²) in [6.07, 6.45) is 0. The van der Waals surface area contributed by atoms with Gasteiger partial charge in [0.05, 0.1) is 5.69 Å². The first-order valence-electron chi connectivity index (χ1n) is 10.1. The molecular weight excluding hydrogens is 461 g/mol. The molecule has 0 aliphatic heterocycles. The van der Waals surface area contributed by atoms with E-state index >= 15 is 0 Å². The molecule has 3 aromatic carbocycles. The fourth-order valence-corrected chi connectivity index (χ4v) is 3.40. The lowest BCUT2D eigenvalue weighted by atomic mass is 10.1. The Morgan fingerprint density at radius 3 is 2.36 bits per heavy atom. The lowest BCUT2D eigenvalue weighted by Crippen LogP contribution is -2.23. The maximum Gasteiger partial charge on any atom is 0.271 e. The minimum absolute atomic E-state index is 0.248. The molecule has 33 heavy (non-hydrogen) atoms. The first kappa shape index (κ1) is 22.6. The largest absolute Gasteiger partial charge is 0.472 e. The Labute approximate surface area is 200 Å². The number of carbonyl (C=O) groups excluding carboxylic acids is 1. The number of nitrogens with zero attached hydrogens (tertiary/aromatic N) is 2. The van der Waals surface area contributed by atoms with Crippen LogP contribution >= 0.6 is 23.2 Å². The molecule has 0 aliphatic carbocycles. The summed E-state index contributed by atoms with van der Waals surface area (Å²) in [5, 5.41) is 8.35. The molecule has 0 saturated heterocycles. The molecule has 0 radical (unpaired) electrons. The van der Waals surface area contributed by atoms with Crippen LogP contribution in [0.4, 0.5) is 0 Å². The number of aromatic nitrogens is 2. The predicted octanol–water partition coefficient (Wildman–Crippen LogP) is 5.05. The topological polar surface area (TPSA) is 73.2 Å². The lowest BCUT2D eigenvalue weighted by molar-refractivity contribution is 0.0951. The molecule has 0 fully saturated rings.